The van der Waals surface area contributed by atoms with Crippen LogP contribution in [0.2, 0.25) is 0 Å². The molecule has 0 atom stereocenters. The summed E-state index contributed by atoms with van der Waals surface area (Å²) in [6.45, 7) is 5.52. The zero-order chi connectivity index (χ0) is 22.0. The van der Waals surface area contributed by atoms with Gasteiger partial charge in [0.25, 0.3) is 0 Å². The Hall–Kier alpha value is -3.81. The van der Waals surface area contributed by atoms with Crippen LogP contribution in [0.15, 0.2) is 48.5 Å². The Labute approximate surface area is 186 Å². The minimum atomic E-state index is 0.326. The zero-order valence-corrected chi connectivity index (χ0v) is 18.2. The SMILES string of the molecule is CCOc1ccc(-c2c(C#N)c3n(c(=S)c2C#N)CN(c2ccc(C)cc2)CN3)cc1. The van der Waals surface area contributed by atoms with Crippen molar-refractivity contribution in [3.05, 3.63) is 69.9 Å². The first-order valence-corrected chi connectivity index (χ1v) is 10.4. The summed E-state index contributed by atoms with van der Waals surface area (Å²) in [6.07, 6.45) is 0. The van der Waals surface area contributed by atoms with Gasteiger partial charge in [0.05, 0.1) is 25.5 Å². The van der Waals surface area contributed by atoms with Crippen LogP contribution in [0.4, 0.5) is 11.5 Å². The van der Waals surface area contributed by atoms with Gasteiger partial charge in [-0.15, -0.1) is 0 Å². The molecule has 1 aromatic heterocycles. The summed E-state index contributed by atoms with van der Waals surface area (Å²) in [4.78, 5) is 2.11. The number of nitrogens with one attached hydrogen (secondary N) is 1. The maximum Gasteiger partial charge on any atom is 0.128 e. The molecule has 1 aliphatic rings. The van der Waals surface area contributed by atoms with Crippen LogP contribution >= 0.6 is 12.2 Å². The first kappa shape index (κ1) is 20.5. The quantitative estimate of drug-likeness (QED) is 0.578. The topological polar surface area (TPSA) is 77.0 Å². The van der Waals surface area contributed by atoms with Crippen LogP contribution in [0, 0.1) is 34.2 Å². The Balaban J connectivity index is 1.83. The molecule has 1 aliphatic heterocycles. The Morgan fingerprint density at radius 3 is 2.32 bits per heavy atom. The Morgan fingerprint density at radius 1 is 1.03 bits per heavy atom. The monoisotopic (exact) mass is 427 g/mol. The van der Waals surface area contributed by atoms with Crippen molar-refractivity contribution in [1.29, 1.82) is 10.5 Å². The summed E-state index contributed by atoms with van der Waals surface area (Å²) in [5.41, 5.74) is 4.28. The molecule has 154 valence electrons. The third-order valence-corrected chi connectivity index (χ3v) is 5.72. The summed E-state index contributed by atoms with van der Waals surface area (Å²) in [6, 6.07) is 20.1. The number of anilines is 2. The molecule has 7 heteroatoms. The van der Waals surface area contributed by atoms with Gasteiger partial charge < -0.3 is 15.0 Å². The highest BCUT2D eigenvalue weighted by Crippen LogP contribution is 2.36. The van der Waals surface area contributed by atoms with Crippen LogP contribution in [0.5, 0.6) is 5.75 Å². The maximum atomic E-state index is 10.0. The third kappa shape index (κ3) is 3.72. The molecular weight excluding hydrogens is 406 g/mol. The lowest BCUT2D eigenvalue weighted by Gasteiger charge is -2.34. The summed E-state index contributed by atoms with van der Waals surface area (Å²) in [7, 11) is 0. The first-order valence-electron chi connectivity index (χ1n) is 9.97. The van der Waals surface area contributed by atoms with E-state index in [-0.39, 0.29) is 0 Å². The van der Waals surface area contributed by atoms with Crippen LogP contribution in [0.3, 0.4) is 0 Å². The number of nitriles is 2. The van der Waals surface area contributed by atoms with Crippen molar-refractivity contribution in [3.8, 4) is 29.0 Å². The van der Waals surface area contributed by atoms with Crippen molar-refractivity contribution < 1.29 is 4.74 Å². The maximum absolute atomic E-state index is 10.0. The minimum absolute atomic E-state index is 0.326. The number of hydrogen-bond donors (Lipinski definition) is 1. The number of aryl methyl sites for hydroxylation is 1. The molecule has 0 bridgehead atoms. The van der Waals surface area contributed by atoms with E-state index >= 15 is 0 Å². The molecule has 0 spiro atoms. The van der Waals surface area contributed by atoms with Crippen LogP contribution in [-0.4, -0.2) is 17.8 Å². The van der Waals surface area contributed by atoms with Crippen molar-refractivity contribution in [2.24, 2.45) is 0 Å². The van der Waals surface area contributed by atoms with Crippen LogP contribution in [0.25, 0.3) is 11.1 Å². The number of benzene rings is 2. The molecule has 3 aromatic rings. The summed E-state index contributed by atoms with van der Waals surface area (Å²) in [5, 5.41) is 23.3. The molecule has 2 heterocycles. The molecule has 0 amide bonds. The average molecular weight is 428 g/mol. The molecule has 0 unspecified atom stereocenters. The second-order valence-corrected chi connectivity index (χ2v) is 7.63. The first-order chi connectivity index (χ1) is 15.1. The normalized spacial score (nSPS) is 12.3. The second kappa shape index (κ2) is 8.51. The van der Waals surface area contributed by atoms with Crippen LogP contribution in [-0.2, 0) is 6.67 Å². The molecule has 0 fully saturated rings. The average Bonchev–Trinajstić information content (AvgIpc) is 2.80. The molecule has 4 rings (SSSR count). The van der Waals surface area contributed by atoms with Crippen molar-refractivity contribution in [2.75, 3.05) is 23.5 Å². The van der Waals surface area contributed by atoms with E-state index in [1.54, 1.807) is 0 Å². The number of ether oxygens (including phenoxy) is 1. The molecule has 0 saturated heterocycles. The Bertz CT molecular complexity index is 1260. The van der Waals surface area contributed by atoms with Crippen LogP contribution in [0.1, 0.15) is 23.6 Å². The lowest BCUT2D eigenvalue weighted by molar-refractivity contribution is 0.340. The number of aromatic nitrogens is 1. The zero-order valence-electron chi connectivity index (χ0n) is 17.3. The van der Waals surface area contributed by atoms with Gasteiger partial charge >= 0.3 is 0 Å². The molecular formula is C24H21N5OS. The third-order valence-electron chi connectivity index (χ3n) is 5.29. The van der Waals surface area contributed by atoms with Crippen LogP contribution < -0.4 is 15.0 Å². The van der Waals surface area contributed by atoms with Crippen molar-refractivity contribution >= 4 is 23.7 Å². The van der Waals surface area contributed by atoms with Gasteiger partial charge in [0, 0.05) is 11.3 Å². The summed E-state index contributed by atoms with van der Waals surface area (Å²) in [5.74, 6) is 1.37. The van der Waals surface area contributed by atoms with Gasteiger partial charge in [-0.2, -0.15) is 10.5 Å². The number of nitrogens with zero attached hydrogens (tertiary/aromatic N) is 4. The highest BCUT2D eigenvalue weighted by atomic mass is 32.1. The van der Waals surface area contributed by atoms with Gasteiger partial charge in [-0.3, -0.25) is 4.57 Å². The molecule has 31 heavy (non-hydrogen) atoms. The standard InChI is InChI=1S/C24H21N5OS/c1-3-30-19-10-6-17(7-11-19)22-20(12-25)23-27-14-28(18-8-4-16(2)5-9-18)15-29(23)24(31)21(22)13-26/h4-11,27H,3,14-15H2,1-2H3. The van der Waals surface area contributed by atoms with Crippen molar-refractivity contribution in [2.45, 2.75) is 20.5 Å². The molecule has 0 aliphatic carbocycles. The minimum Gasteiger partial charge on any atom is -0.494 e. The lowest BCUT2D eigenvalue weighted by atomic mass is 9.96. The molecule has 1 N–H and O–H groups in total. The fourth-order valence-corrected chi connectivity index (χ4v) is 4.04. The van der Waals surface area contributed by atoms with E-state index in [9.17, 15) is 10.5 Å². The number of rotatable bonds is 4. The predicted molar refractivity (Wildman–Crippen MR) is 123 cm³/mol. The smallest absolute Gasteiger partial charge is 0.128 e. The van der Waals surface area contributed by atoms with Crippen molar-refractivity contribution in [1.82, 2.24) is 4.57 Å². The lowest BCUT2D eigenvalue weighted by Crippen LogP contribution is -2.38. The highest BCUT2D eigenvalue weighted by molar-refractivity contribution is 7.71. The van der Waals surface area contributed by atoms with Crippen molar-refractivity contribution in [3.63, 3.8) is 0 Å². The van der Waals surface area contributed by atoms with E-state index in [0.29, 0.717) is 47.1 Å². The number of hydrogen-bond acceptors (Lipinski definition) is 6. The molecule has 0 saturated carbocycles. The van der Waals surface area contributed by atoms with Gasteiger partial charge in [0.1, 0.15) is 33.9 Å². The summed E-state index contributed by atoms with van der Waals surface area (Å²) < 4.78 is 7.75. The molecule has 6 nitrogen and oxygen atoms in total. The van der Waals surface area contributed by atoms with E-state index < -0.39 is 0 Å². The van der Waals surface area contributed by atoms with Gasteiger partial charge in [-0.1, -0.05) is 42.0 Å². The highest BCUT2D eigenvalue weighted by Gasteiger charge is 2.25. The van der Waals surface area contributed by atoms with E-state index in [4.69, 9.17) is 17.0 Å². The Morgan fingerprint density at radius 2 is 1.71 bits per heavy atom. The number of pyridine rings is 1. The van der Waals surface area contributed by atoms with E-state index in [2.05, 4.69) is 46.6 Å². The Kier molecular flexibility index (Phi) is 5.62. The van der Waals surface area contributed by atoms with Gasteiger partial charge in [0.15, 0.2) is 0 Å². The van der Waals surface area contributed by atoms with Gasteiger partial charge in [0.2, 0.25) is 0 Å². The van der Waals surface area contributed by atoms with E-state index in [1.807, 2.05) is 42.7 Å². The summed E-state index contributed by atoms with van der Waals surface area (Å²) >= 11 is 5.70. The fraction of sp³-hybridized carbons (Fsp3) is 0.208. The largest absolute Gasteiger partial charge is 0.494 e. The van der Waals surface area contributed by atoms with Gasteiger partial charge in [-0.25, -0.2) is 0 Å². The van der Waals surface area contributed by atoms with Gasteiger partial charge in [-0.05, 0) is 43.7 Å². The van der Waals surface area contributed by atoms with E-state index in [1.165, 1.54) is 5.56 Å². The molecule has 0 radical (unpaired) electrons. The number of fused-ring (bicyclic) bond motifs is 1. The van der Waals surface area contributed by atoms with E-state index in [0.717, 1.165) is 17.0 Å². The molecule has 2 aromatic carbocycles. The fourth-order valence-electron chi connectivity index (χ4n) is 3.75. The predicted octanol–water partition coefficient (Wildman–Crippen LogP) is 5.18. The second-order valence-electron chi connectivity index (χ2n) is 7.24.